The molecule has 0 aliphatic carbocycles. The summed E-state index contributed by atoms with van der Waals surface area (Å²) in [6.07, 6.45) is 3.06. The van der Waals surface area contributed by atoms with E-state index in [1.165, 1.54) is 0 Å². The maximum atomic E-state index is 12.4. The van der Waals surface area contributed by atoms with E-state index in [1.807, 2.05) is 0 Å². The zero-order valence-electron chi connectivity index (χ0n) is 12.5. The number of carbonyl (C=O) groups is 1. The third-order valence-electron chi connectivity index (χ3n) is 4.02. The Bertz CT molecular complexity index is 485. The number of amides is 1. The summed E-state index contributed by atoms with van der Waals surface area (Å²) in [7, 11) is 0. The van der Waals surface area contributed by atoms with Crippen LogP contribution >= 0.6 is 23.2 Å². The zero-order chi connectivity index (χ0) is 15.4. The fourth-order valence-corrected chi connectivity index (χ4v) is 3.32. The lowest BCUT2D eigenvalue weighted by Crippen LogP contribution is -2.37. The Morgan fingerprint density at radius 3 is 2.52 bits per heavy atom. The fraction of sp³-hybridized carbons (Fsp3) is 0.562. The quantitative estimate of drug-likeness (QED) is 0.909. The Kier molecular flexibility index (Phi) is 5.91. The lowest BCUT2D eigenvalue weighted by Gasteiger charge is -2.24. The molecule has 1 unspecified atom stereocenters. The van der Waals surface area contributed by atoms with Crippen LogP contribution in [0.5, 0.6) is 0 Å². The molecule has 2 rings (SSSR count). The fourth-order valence-electron chi connectivity index (χ4n) is 2.75. The standard InChI is InChI=1S/C16H22Cl2N2O/c1-11(2)20-9-4-5-12(8-10-20)19-16(21)15-13(17)6-3-7-14(15)18/h3,6-7,11-12H,4-5,8-10H2,1-2H3,(H,19,21). The molecule has 0 bridgehead atoms. The monoisotopic (exact) mass is 328 g/mol. The lowest BCUT2D eigenvalue weighted by atomic mass is 10.1. The van der Waals surface area contributed by atoms with Crippen LogP contribution in [0.15, 0.2) is 18.2 Å². The Hall–Kier alpha value is -0.770. The molecule has 0 aromatic heterocycles. The number of benzene rings is 1. The van der Waals surface area contributed by atoms with E-state index in [0.29, 0.717) is 21.7 Å². The molecule has 1 N–H and O–H groups in total. The smallest absolute Gasteiger partial charge is 0.254 e. The molecule has 0 radical (unpaired) electrons. The minimum absolute atomic E-state index is 0.173. The first kappa shape index (κ1) is 16.6. The number of nitrogens with one attached hydrogen (secondary N) is 1. The van der Waals surface area contributed by atoms with Crippen LogP contribution in [0.25, 0.3) is 0 Å². The van der Waals surface area contributed by atoms with Crippen LogP contribution in [0.2, 0.25) is 10.0 Å². The van der Waals surface area contributed by atoms with Crippen molar-refractivity contribution >= 4 is 29.1 Å². The van der Waals surface area contributed by atoms with E-state index in [4.69, 9.17) is 23.2 Å². The van der Waals surface area contributed by atoms with Crippen molar-refractivity contribution in [3.05, 3.63) is 33.8 Å². The summed E-state index contributed by atoms with van der Waals surface area (Å²) >= 11 is 12.2. The highest BCUT2D eigenvalue weighted by atomic mass is 35.5. The van der Waals surface area contributed by atoms with Crippen molar-refractivity contribution in [2.75, 3.05) is 13.1 Å². The summed E-state index contributed by atoms with van der Waals surface area (Å²) in [4.78, 5) is 14.8. The highest BCUT2D eigenvalue weighted by molar-refractivity contribution is 6.39. The minimum Gasteiger partial charge on any atom is -0.349 e. The molecular formula is C16H22Cl2N2O. The molecule has 1 aliphatic rings. The number of rotatable bonds is 3. The van der Waals surface area contributed by atoms with E-state index < -0.39 is 0 Å². The van der Waals surface area contributed by atoms with E-state index >= 15 is 0 Å². The van der Waals surface area contributed by atoms with Crippen LogP contribution in [0.4, 0.5) is 0 Å². The van der Waals surface area contributed by atoms with Gasteiger partial charge in [-0.05, 0) is 51.8 Å². The van der Waals surface area contributed by atoms with Crippen molar-refractivity contribution in [3.63, 3.8) is 0 Å². The van der Waals surface area contributed by atoms with Crippen molar-refractivity contribution in [2.24, 2.45) is 0 Å². The highest BCUT2D eigenvalue weighted by Crippen LogP contribution is 2.24. The van der Waals surface area contributed by atoms with Gasteiger partial charge in [-0.25, -0.2) is 0 Å². The van der Waals surface area contributed by atoms with Crippen LogP contribution in [0.1, 0.15) is 43.5 Å². The van der Waals surface area contributed by atoms with Gasteiger partial charge in [0, 0.05) is 18.6 Å². The zero-order valence-corrected chi connectivity index (χ0v) is 14.0. The third kappa shape index (κ3) is 4.35. The van der Waals surface area contributed by atoms with E-state index in [0.717, 1.165) is 32.4 Å². The van der Waals surface area contributed by atoms with Gasteiger partial charge in [-0.15, -0.1) is 0 Å². The molecule has 1 aliphatic heterocycles. The molecule has 1 heterocycles. The summed E-state index contributed by atoms with van der Waals surface area (Å²) in [6.45, 7) is 6.53. The van der Waals surface area contributed by atoms with Crippen LogP contribution in [-0.4, -0.2) is 36.0 Å². The molecule has 116 valence electrons. The van der Waals surface area contributed by atoms with Gasteiger partial charge in [0.1, 0.15) is 0 Å². The van der Waals surface area contributed by atoms with Gasteiger partial charge >= 0.3 is 0 Å². The second-order valence-electron chi connectivity index (χ2n) is 5.83. The van der Waals surface area contributed by atoms with Gasteiger partial charge in [0.15, 0.2) is 0 Å². The largest absolute Gasteiger partial charge is 0.349 e. The van der Waals surface area contributed by atoms with Crippen molar-refractivity contribution < 1.29 is 4.79 Å². The van der Waals surface area contributed by atoms with E-state index in [9.17, 15) is 4.79 Å². The molecule has 21 heavy (non-hydrogen) atoms. The van der Waals surface area contributed by atoms with Crippen molar-refractivity contribution in [1.29, 1.82) is 0 Å². The van der Waals surface area contributed by atoms with Crippen molar-refractivity contribution in [3.8, 4) is 0 Å². The van der Waals surface area contributed by atoms with Gasteiger partial charge in [0.05, 0.1) is 15.6 Å². The first-order valence-corrected chi connectivity index (χ1v) is 8.23. The first-order chi connectivity index (χ1) is 9.99. The number of hydrogen-bond acceptors (Lipinski definition) is 2. The Balaban J connectivity index is 2.00. The van der Waals surface area contributed by atoms with Gasteiger partial charge in [-0.2, -0.15) is 0 Å². The number of carbonyl (C=O) groups excluding carboxylic acids is 1. The average molecular weight is 329 g/mol. The summed E-state index contributed by atoms with van der Waals surface area (Å²) in [5, 5.41) is 3.88. The Morgan fingerprint density at radius 2 is 1.90 bits per heavy atom. The SMILES string of the molecule is CC(C)N1CCCC(NC(=O)c2c(Cl)cccc2Cl)CC1. The molecule has 1 aromatic carbocycles. The first-order valence-electron chi connectivity index (χ1n) is 7.48. The maximum absolute atomic E-state index is 12.4. The number of nitrogens with zero attached hydrogens (tertiary/aromatic N) is 1. The summed E-state index contributed by atoms with van der Waals surface area (Å²) in [5.74, 6) is -0.173. The highest BCUT2D eigenvalue weighted by Gasteiger charge is 2.22. The predicted octanol–water partition coefficient (Wildman–Crippen LogP) is 3.99. The topological polar surface area (TPSA) is 32.3 Å². The Labute approximate surface area is 136 Å². The van der Waals surface area contributed by atoms with Gasteiger partial charge in [-0.3, -0.25) is 4.79 Å². The number of hydrogen-bond donors (Lipinski definition) is 1. The Morgan fingerprint density at radius 1 is 1.24 bits per heavy atom. The van der Waals surface area contributed by atoms with Gasteiger partial charge < -0.3 is 10.2 Å². The van der Waals surface area contributed by atoms with Crippen LogP contribution in [0, 0.1) is 0 Å². The second kappa shape index (κ2) is 7.48. The van der Waals surface area contributed by atoms with Crippen LogP contribution in [0.3, 0.4) is 0 Å². The van der Waals surface area contributed by atoms with Crippen LogP contribution < -0.4 is 5.32 Å². The van der Waals surface area contributed by atoms with E-state index in [1.54, 1.807) is 18.2 Å². The summed E-state index contributed by atoms with van der Waals surface area (Å²) < 4.78 is 0. The second-order valence-corrected chi connectivity index (χ2v) is 6.64. The maximum Gasteiger partial charge on any atom is 0.254 e. The molecule has 1 saturated heterocycles. The molecule has 1 amide bonds. The summed E-state index contributed by atoms with van der Waals surface area (Å²) in [5.41, 5.74) is 0.380. The van der Waals surface area contributed by atoms with Crippen molar-refractivity contribution in [2.45, 2.75) is 45.2 Å². The van der Waals surface area contributed by atoms with Crippen molar-refractivity contribution in [1.82, 2.24) is 10.2 Å². The lowest BCUT2D eigenvalue weighted by molar-refractivity contribution is 0.0933. The van der Waals surface area contributed by atoms with E-state index in [-0.39, 0.29) is 11.9 Å². The molecule has 0 saturated carbocycles. The average Bonchev–Trinajstić information content (AvgIpc) is 2.64. The van der Waals surface area contributed by atoms with Gasteiger partial charge in [0.2, 0.25) is 0 Å². The molecule has 1 aromatic rings. The molecular weight excluding hydrogens is 307 g/mol. The number of halogens is 2. The van der Waals surface area contributed by atoms with Crippen LogP contribution in [-0.2, 0) is 0 Å². The number of likely N-dealkylation sites (tertiary alicyclic amines) is 1. The van der Waals surface area contributed by atoms with Gasteiger partial charge in [-0.1, -0.05) is 29.3 Å². The summed E-state index contributed by atoms with van der Waals surface area (Å²) in [6, 6.07) is 5.87. The molecule has 0 spiro atoms. The molecule has 1 fully saturated rings. The normalized spacial score (nSPS) is 20.3. The predicted molar refractivity (Wildman–Crippen MR) is 88.3 cm³/mol. The molecule has 5 heteroatoms. The van der Waals surface area contributed by atoms with E-state index in [2.05, 4.69) is 24.1 Å². The third-order valence-corrected chi connectivity index (χ3v) is 4.65. The molecule has 3 nitrogen and oxygen atoms in total. The van der Waals surface area contributed by atoms with Gasteiger partial charge in [0.25, 0.3) is 5.91 Å². The minimum atomic E-state index is -0.173. The molecule has 1 atom stereocenters.